The smallest absolute Gasteiger partial charge is 0.145 e. The topological polar surface area (TPSA) is 22.8 Å². The monoisotopic (exact) mass is 637 g/mol. The average molecular weight is 638 g/mol. The fraction of sp³-hybridized carbons (Fsp3) is 0. The molecule has 10 rings (SSSR count). The lowest BCUT2D eigenvalue weighted by atomic mass is 9.97. The Hall–Kier alpha value is -6.71. The van der Waals surface area contributed by atoms with E-state index in [0.717, 1.165) is 27.9 Å². The highest BCUT2D eigenvalue weighted by atomic mass is 15.0. The molecule has 0 atom stereocenters. The summed E-state index contributed by atoms with van der Waals surface area (Å²) in [5.41, 5.74) is 13.9. The summed E-state index contributed by atoms with van der Waals surface area (Å²) in [6.07, 6.45) is 1.88. The molecule has 3 nitrogen and oxygen atoms in total. The molecule has 7 aromatic carbocycles. The predicted molar refractivity (Wildman–Crippen MR) is 209 cm³/mol. The molecule has 50 heavy (non-hydrogen) atoms. The molecule has 0 saturated heterocycles. The Labute approximate surface area is 290 Å². The third-order valence-electron chi connectivity index (χ3n) is 9.98. The van der Waals surface area contributed by atoms with Crippen molar-refractivity contribution in [1.29, 1.82) is 0 Å². The van der Waals surface area contributed by atoms with Crippen molar-refractivity contribution in [1.82, 2.24) is 14.1 Å². The largest absolute Gasteiger partial charge is 0.309 e. The van der Waals surface area contributed by atoms with E-state index in [9.17, 15) is 0 Å². The molecule has 0 bridgehead atoms. The van der Waals surface area contributed by atoms with E-state index in [1.807, 2.05) is 12.3 Å². The molecule has 0 spiro atoms. The van der Waals surface area contributed by atoms with Gasteiger partial charge in [-0.15, -0.1) is 0 Å². The predicted octanol–water partition coefficient (Wildman–Crippen LogP) is 12.3. The zero-order chi connectivity index (χ0) is 33.0. The first-order chi connectivity index (χ1) is 24.8. The summed E-state index contributed by atoms with van der Waals surface area (Å²) in [6, 6.07) is 65.5. The quantitative estimate of drug-likeness (QED) is 0.184. The maximum Gasteiger partial charge on any atom is 0.145 e. The third-order valence-corrected chi connectivity index (χ3v) is 9.98. The molecule has 234 valence electrons. The molecule has 0 aliphatic carbocycles. The fourth-order valence-corrected chi connectivity index (χ4v) is 7.66. The van der Waals surface area contributed by atoms with Gasteiger partial charge in [0.1, 0.15) is 5.65 Å². The van der Waals surface area contributed by atoms with Crippen LogP contribution in [-0.2, 0) is 0 Å². The van der Waals surface area contributed by atoms with Gasteiger partial charge < -0.3 is 4.57 Å². The first-order valence-electron chi connectivity index (χ1n) is 17.1. The number of para-hydroxylation sites is 2. The van der Waals surface area contributed by atoms with Gasteiger partial charge in [0.15, 0.2) is 0 Å². The van der Waals surface area contributed by atoms with Crippen molar-refractivity contribution >= 4 is 43.7 Å². The summed E-state index contributed by atoms with van der Waals surface area (Å²) in [7, 11) is 0. The van der Waals surface area contributed by atoms with Gasteiger partial charge in [0.25, 0.3) is 0 Å². The van der Waals surface area contributed by atoms with Crippen molar-refractivity contribution in [2.45, 2.75) is 0 Å². The molecular formula is C47H31N3. The second-order valence-corrected chi connectivity index (χ2v) is 12.8. The van der Waals surface area contributed by atoms with E-state index in [0.29, 0.717) is 0 Å². The standard InChI is InChI=1S/C47H31N3/c1-4-13-32(14-5-1)34-23-26-44(41(29-34)33-15-6-2-7-16-33)50-43-21-11-10-19-38(43)42-30-35(24-27-45(42)50)36-22-25-39-40-20-12-28-48-47(40)49(46(39)31-36)37-17-8-3-9-18-37/h1-31H. The Morgan fingerprint density at radius 2 is 0.940 bits per heavy atom. The summed E-state index contributed by atoms with van der Waals surface area (Å²) < 4.78 is 4.72. The normalized spacial score (nSPS) is 11.6. The van der Waals surface area contributed by atoms with Crippen LogP contribution in [0.3, 0.4) is 0 Å². The van der Waals surface area contributed by atoms with Crippen molar-refractivity contribution in [3.63, 3.8) is 0 Å². The Balaban J connectivity index is 1.19. The lowest BCUT2D eigenvalue weighted by molar-refractivity contribution is 1.14. The SMILES string of the molecule is c1ccc(-c2ccc(-n3c4ccccc4c4cc(-c5ccc6c7cccnc7n(-c7ccccc7)c6c5)ccc43)c(-c3ccccc3)c2)cc1. The fourth-order valence-electron chi connectivity index (χ4n) is 7.66. The van der Waals surface area contributed by atoms with Crippen molar-refractivity contribution in [3.8, 4) is 44.8 Å². The van der Waals surface area contributed by atoms with Crippen LogP contribution in [0.4, 0.5) is 0 Å². The molecule has 0 radical (unpaired) electrons. The molecule has 0 N–H and O–H groups in total. The van der Waals surface area contributed by atoms with E-state index < -0.39 is 0 Å². The van der Waals surface area contributed by atoms with Crippen LogP contribution < -0.4 is 0 Å². The molecule has 3 aromatic heterocycles. The Morgan fingerprint density at radius 1 is 0.340 bits per heavy atom. The van der Waals surface area contributed by atoms with Crippen molar-refractivity contribution in [2.75, 3.05) is 0 Å². The van der Waals surface area contributed by atoms with Crippen LogP contribution in [0.15, 0.2) is 188 Å². The molecule has 3 heteroatoms. The van der Waals surface area contributed by atoms with E-state index in [1.165, 1.54) is 60.6 Å². The van der Waals surface area contributed by atoms with Crippen LogP contribution in [0, 0.1) is 0 Å². The van der Waals surface area contributed by atoms with E-state index in [4.69, 9.17) is 4.98 Å². The van der Waals surface area contributed by atoms with Gasteiger partial charge in [0.2, 0.25) is 0 Å². The zero-order valence-corrected chi connectivity index (χ0v) is 27.2. The molecule has 0 fully saturated rings. The second kappa shape index (κ2) is 11.5. The Kier molecular flexibility index (Phi) is 6.49. The summed E-state index contributed by atoms with van der Waals surface area (Å²) >= 11 is 0. The number of hydrogen-bond acceptors (Lipinski definition) is 1. The van der Waals surface area contributed by atoms with Gasteiger partial charge in [-0.3, -0.25) is 4.57 Å². The highest BCUT2D eigenvalue weighted by Gasteiger charge is 2.18. The highest BCUT2D eigenvalue weighted by molar-refractivity contribution is 6.12. The van der Waals surface area contributed by atoms with Crippen LogP contribution >= 0.6 is 0 Å². The maximum absolute atomic E-state index is 4.82. The molecule has 0 aliphatic heterocycles. The molecule has 0 amide bonds. The second-order valence-electron chi connectivity index (χ2n) is 12.8. The van der Waals surface area contributed by atoms with Crippen LogP contribution in [0.5, 0.6) is 0 Å². The molecule has 10 aromatic rings. The molecule has 3 heterocycles. The van der Waals surface area contributed by atoms with Crippen molar-refractivity contribution < 1.29 is 0 Å². The third kappa shape index (κ3) is 4.48. The van der Waals surface area contributed by atoms with Crippen molar-refractivity contribution in [3.05, 3.63) is 188 Å². The maximum atomic E-state index is 4.82. The molecular weight excluding hydrogens is 607 g/mol. The molecule has 0 unspecified atom stereocenters. The summed E-state index contributed by atoms with van der Waals surface area (Å²) in [5, 5.41) is 4.82. The molecule has 0 saturated carbocycles. The average Bonchev–Trinajstić information content (AvgIpc) is 3.71. The van der Waals surface area contributed by atoms with Crippen molar-refractivity contribution in [2.24, 2.45) is 0 Å². The Morgan fingerprint density at radius 3 is 1.76 bits per heavy atom. The summed E-state index contributed by atoms with van der Waals surface area (Å²) in [4.78, 5) is 4.82. The summed E-state index contributed by atoms with van der Waals surface area (Å²) in [6.45, 7) is 0. The van der Waals surface area contributed by atoms with Crippen LogP contribution in [0.25, 0.3) is 88.5 Å². The van der Waals surface area contributed by atoms with Gasteiger partial charge in [-0.25, -0.2) is 4.98 Å². The minimum atomic E-state index is 0.969. The van der Waals surface area contributed by atoms with Gasteiger partial charge in [0, 0.05) is 39.0 Å². The molecule has 0 aliphatic rings. The van der Waals surface area contributed by atoms with Gasteiger partial charge in [0.05, 0.1) is 22.2 Å². The van der Waals surface area contributed by atoms with Gasteiger partial charge in [-0.1, -0.05) is 121 Å². The summed E-state index contributed by atoms with van der Waals surface area (Å²) in [5.74, 6) is 0. The van der Waals surface area contributed by atoms with E-state index in [1.54, 1.807) is 0 Å². The van der Waals surface area contributed by atoms with Gasteiger partial charge in [-0.2, -0.15) is 0 Å². The first kappa shape index (κ1) is 28.3. The van der Waals surface area contributed by atoms with Crippen LogP contribution in [0.1, 0.15) is 0 Å². The first-order valence-corrected chi connectivity index (χ1v) is 17.1. The van der Waals surface area contributed by atoms with Crippen LogP contribution in [0.2, 0.25) is 0 Å². The highest BCUT2D eigenvalue weighted by Crippen LogP contribution is 2.40. The number of aromatic nitrogens is 3. The number of benzene rings is 7. The Bertz CT molecular complexity index is 2850. The number of pyridine rings is 1. The van der Waals surface area contributed by atoms with Gasteiger partial charge in [-0.05, 0) is 88.5 Å². The lowest BCUT2D eigenvalue weighted by Crippen LogP contribution is -1.98. The van der Waals surface area contributed by atoms with Gasteiger partial charge >= 0.3 is 0 Å². The minimum absolute atomic E-state index is 0.969. The number of fused-ring (bicyclic) bond motifs is 6. The zero-order valence-electron chi connectivity index (χ0n) is 27.2. The lowest BCUT2D eigenvalue weighted by Gasteiger charge is -2.16. The number of hydrogen-bond donors (Lipinski definition) is 0. The van der Waals surface area contributed by atoms with Crippen LogP contribution in [-0.4, -0.2) is 14.1 Å². The van der Waals surface area contributed by atoms with E-state index in [2.05, 4.69) is 185 Å². The number of nitrogens with zero attached hydrogens (tertiary/aromatic N) is 3. The van der Waals surface area contributed by atoms with E-state index in [-0.39, 0.29) is 0 Å². The number of rotatable bonds is 5. The minimum Gasteiger partial charge on any atom is -0.309 e. The van der Waals surface area contributed by atoms with E-state index >= 15 is 0 Å².